The lowest BCUT2D eigenvalue weighted by atomic mass is 10.1. The van der Waals surface area contributed by atoms with E-state index in [0.29, 0.717) is 12.2 Å². The van der Waals surface area contributed by atoms with Gasteiger partial charge in [-0.15, -0.1) is 0 Å². The van der Waals surface area contributed by atoms with Crippen molar-refractivity contribution in [3.8, 4) is 11.5 Å². The van der Waals surface area contributed by atoms with E-state index in [1.807, 2.05) is 6.92 Å². The van der Waals surface area contributed by atoms with Gasteiger partial charge < -0.3 is 9.84 Å². The van der Waals surface area contributed by atoms with Gasteiger partial charge in [-0.3, -0.25) is 14.9 Å². The highest BCUT2D eigenvalue weighted by Gasteiger charge is 2.12. The SMILES string of the molecule is CCOc1ccc(CC(=O)N/N=C/c2ccc(O)c([N+](=O)[O-])c2)cc1. The van der Waals surface area contributed by atoms with Crippen LogP contribution in [0.25, 0.3) is 0 Å². The molecule has 2 N–H and O–H groups in total. The average molecular weight is 343 g/mol. The lowest BCUT2D eigenvalue weighted by molar-refractivity contribution is -0.385. The number of nitrogens with one attached hydrogen (secondary N) is 1. The molecule has 25 heavy (non-hydrogen) atoms. The van der Waals surface area contributed by atoms with Gasteiger partial charge in [-0.05, 0) is 36.8 Å². The van der Waals surface area contributed by atoms with E-state index in [0.717, 1.165) is 17.4 Å². The number of aromatic hydroxyl groups is 1. The van der Waals surface area contributed by atoms with E-state index in [-0.39, 0.29) is 12.3 Å². The first-order chi connectivity index (χ1) is 12.0. The molecule has 0 aromatic heterocycles. The molecule has 0 aliphatic rings. The Hall–Kier alpha value is -3.42. The van der Waals surface area contributed by atoms with E-state index in [2.05, 4.69) is 10.5 Å². The molecule has 130 valence electrons. The Morgan fingerprint density at radius 1 is 1.32 bits per heavy atom. The second-order valence-electron chi connectivity index (χ2n) is 5.05. The molecule has 0 saturated heterocycles. The molecule has 0 aliphatic heterocycles. The van der Waals surface area contributed by atoms with Crippen LogP contribution in [0.15, 0.2) is 47.6 Å². The van der Waals surface area contributed by atoms with Gasteiger partial charge in [0.05, 0.1) is 24.2 Å². The monoisotopic (exact) mass is 343 g/mol. The Morgan fingerprint density at radius 2 is 2.04 bits per heavy atom. The maximum atomic E-state index is 11.8. The van der Waals surface area contributed by atoms with Gasteiger partial charge >= 0.3 is 5.69 Å². The molecule has 0 atom stereocenters. The van der Waals surface area contributed by atoms with Crippen LogP contribution < -0.4 is 10.2 Å². The van der Waals surface area contributed by atoms with E-state index >= 15 is 0 Å². The summed E-state index contributed by atoms with van der Waals surface area (Å²) in [6.07, 6.45) is 1.40. The molecular formula is C17H17N3O5. The van der Waals surface area contributed by atoms with Crippen molar-refractivity contribution >= 4 is 17.8 Å². The van der Waals surface area contributed by atoms with Crippen molar-refractivity contribution in [2.75, 3.05) is 6.61 Å². The van der Waals surface area contributed by atoms with Crippen molar-refractivity contribution in [1.29, 1.82) is 0 Å². The Kier molecular flexibility index (Phi) is 6.05. The number of ether oxygens (including phenoxy) is 1. The number of nitrogens with zero attached hydrogens (tertiary/aromatic N) is 2. The van der Waals surface area contributed by atoms with Crippen LogP contribution >= 0.6 is 0 Å². The van der Waals surface area contributed by atoms with Gasteiger partial charge in [0, 0.05) is 11.6 Å². The Balaban J connectivity index is 1.92. The lowest BCUT2D eigenvalue weighted by Gasteiger charge is -2.04. The third kappa shape index (κ3) is 5.31. The summed E-state index contributed by atoms with van der Waals surface area (Å²) in [5, 5.41) is 23.9. The number of phenolic OH excluding ortho intramolecular Hbond substituents is 1. The smallest absolute Gasteiger partial charge is 0.311 e. The van der Waals surface area contributed by atoms with Crippen LogP contribution in [0.4, 0.5) is 5.69 Å². The predicted octanol–water partition coefficient (Wildman–Crippen LogP) is 2.39. The fraction of sp³-hybridized carbons (Fsp3) is 0.176. The quantitative estimate of drug-likeness (QED) is 0.455. The minimum atomic E-state index is -0.697. The van der Waals surface area contributed by atoms with Gasteiger partial charge in [-0.1, -0.05) is 12.1 Å². The van der Waals surface area contributed by atoms with Crippen molar-refractivity contribution in [3.63, 3.8) is 0 Å². The number of phenols is 1. The molecule has 0 fully saturated rings. The van der Waals surface area contributed by atoms with Gasteiger partial charge in [0.1, 0.15) is 5.75 Å². The van der Waals surface area contributed by atoms with E-state index < -0.39 is 16.4 Å². The Bertz CT molecular complexity index is 787. The van der Waals surface area contributed by atoms with E-state index in [1.54, 1.807) is 24.3 Å². The van der Waals surface area contributed by atoms with Crippen molar-refractivity contribution < 1.29 is 19.6 Å². The molecule has 8 heteroatoms. The maximum absolute atomic E-state index is 11.8. The van der Waals surface area contributed by atoms with Crippen molar-refractivity contribution in [3.05, 3.63) is 63.7 Å². The van der Waals surface area contributed by atoms with Crippen molar-refractivity contribution in [2.24, 2.45) is 5.10 Å². The summed E-state index contributed by atoms with van der Waals surface area (Å²) in [6.45, 7) is 2.46. The Labute approximate surface area is 143 Å². The molecule has 0 bridgehead atoms. The maximum Gasteiger partial charge on any atom is 0.311 e. The number of rotatable bonds is 7. The summed E-state index contributed by atoms with van der Waals surface area (Å²) in [5.74, 6) is -0.0195. The first-order valence-electron chi connectivity index (χ1n) is 7.50. The van der Waals surface area contributed by atoms with Gasteiger partial charge in [0.15, 0.2) is 5.75 Å². The number of hydrazone groups is 1. The van der Waals surface area contributed by atoms with Gasteiger partial charge in [0.25, 0.3) is 0 Å². The molecule has 2 aromatic rings. The van der Waals surface area contributed by atoms with Crippen LogP contribution in [-0.4, -0.2) is 28.8 Å². The standard InChI is InChI=1S/C17H17N3O5/c1-2-25-14-6-3-12(4-7-14)10-17(22)19-18-11-13-5-8-16(21)15(9-13)20(23)24/h3-9,11,21H,2,10H2,1H3,(H,19,22)/b18-11+. The second kappa shape index (κ2) is 8.44. The number of nitro benzene ring substituents is 1. The topological polar surface area (TPSA) is 114 Å². The zero-order valence-electron chi connectivity index (χ0n) is 13.5. The van der Waals surface area contributed by atoms with Gasteiger partial charge in [0.2, 0.25) is 5.91 Å². The lowest BCUT2D eigenvalue weighted by Crippen LogP contribution is -2.19. The number of hydrogen-bond donors (Lipinski definition) is 2. The minimum Gasteiger partial charge on any atom is -0.502 e. The van der Waals surface area contributed by atoms with Crippen LogP contribution in [0.2, 0.25) is 0 Å². The first kappa shape index (κ1) is 17.9. The molecule has 8 nitrogen and oxygen atoms in total. The average Bonchev–Trinajstić information content (AvgIpc) is 2.58. The molecule has 0 spiro atoms. The number of benzene rings is 2. The normalized spacial score (nSPS) is 10.6. The number of amides is 1. The summed E-state index contributed by atoms with van der Waals surface area (Å²) in [5.41, 5.74) is 3.11. The highest BCUT2D eigenvalue weighted by molar-refractivity contribution is 5.84. The first-order valence-corrected chi connectivity index (χ1v) is 7.50. The summed E-state index contributed by atoms with van der Waals surface area (Å²) in [7, 11) is 0. The second-order valence-corrected chi connectivity index (χ2v) is 5.05. The van der Waals surface area contributed by atoms with Crippen LogP contribution in [0.3, 0.4) is 0 Å². The molecule has 2 rings (SSSR count). The zero-order valence-corrected chi connectivity index (χ0v) is 13.5. The summed E-state index contributed by atoms with van der Waals surface area (Å²) < 4.78 is 5.32. The van der Waals surface area contributed by atoms with Crippen molar-refractivity contribution in [1.82, 2.24) is 5.43 Å². The van der Waals surface area contributed by atoms with Crippen LogP contribution in [-0.2, 0) is 11.2 Å². The molecule has 2 aromatic carbocycles. The van der Waals surface area contributed by atoms with Crippen LogP contribution in [0.5, 0.6) is 11.5 Å². The van der Waals surface area contributed by atoms with Crippen molar-refractivity contribution in [2.45, 2.75) is 13.3 Å². The van der Waals surface area contributed by atoms with Crippen LogP contribution in [0.1, 0.15) is 18.1 Å². The Morgan fingerprint density at radius 3 is 2.68 bits per heavy atom. The highest BCUT2D eigenvalue weighted by Crippen LogP contribution is 2.25. The summed E-state index contributed by atoms with van der Waals surface area (Å²) in [4.78, 5) is 21.9. The number of carbonyl (C=O) groups excluding carboxylic acids is 1. The molecule has 1 amide bonds. The third-order valence-electron chi connectivity index (χ3n) is 3.20. The van der Waals surface area contributed by atoms with Gasteiger partial charge in [-0.25, -0.2) is 5.43 Å². The largest absolute Gasteiger partial charge is 0.502 e. The molecule has 0 aliphatic carbocycles. The van der Waals surface area contributed by atoms with E-state index in [1.165, 1.54) is 18.3 Å². The highest BCUT2D eigenvalue weighted by atomic mass is 16.6. The third-order valence-corrected chi connectivity index (χ3v) is 3.20. The fourth-order valence-corrected chi connectivity index (χ4v) is 2.04. The molecule has 0 radical (unpaired) electrons. The minimum absolute atomic E-state index is 0.138. The fourth-order valence-electron chi connectivity index (χ4n) is 2.04. The van der Waals surface area contributed by atoms with E-state index in [4.69, 9.17) is 4.74 Å². The van der Waals surface area contributed by atoms with Crippen LogP contribution in [0, 0.1) is 10.1 Å². The molecule has 0 saturated carbocycles. The molecule has 0 heterocycles. The van der Waals surface area contributed by atoms with E-state index in [9.17, 15) is 20.0 Å². The molecule has 0 unspecified atom stereocenters. The number of hydrogen-bond acceptors (Lipinski definition) is 6. The number of carbonyl (C=O) groups is 1. The summed E-state index contributed by atoms with van der Waals surface area (Å²) in [6, 6.07) is 11.0. The number of nitro groups is 1. The molecular weight excluding hydrogens is 326 g/mol. The predicted molar refractivity (Wildman–Crippen MR) is 91.8 cm³/mol. The summed E-state index contributed by atoms with van der Waals surface area (Å²) >= 11 is 0. The zero-order chi connectivity index (χ0) is 18.2. The van der Waals surface area contributed by atoms with Gasteiger partial charge in [-0.2, -0.15) is 5.10 Å².